The number of benzene rings is 2. The summed E-state index contributed by atoms with van der Waals surface area (Å²) in [5.41, 5.74) is 5.30. The van der Waals surface area contributed by atoms with Crippen LogP contribution in [0.1, 0.15) is 24.3 Å². The van der Waals surface area contributed by atoms with Crippen LogP contribution in [0.5, 0.6) is 5.75 Å². The first-order chi connectivity index (χ1) is 14.2. The van der Waals surface area contributed by atoms with E-state index in [2.05, 4.69) is 51.3 Å². The largest absolute Gasteiger partial charge is 0.491 e. The Morgan fingerprint density at radius 1 is 1.21 bits per heavy atom. The van der Waals surface area contributed by atoms with E-state index >= 15 is 0 Å². The van der Waals surface area contributed by atoms with Crippen LogP contribution < -0.4 is 10.1 Å². The molecule has 0 aliphatic heterocycles. The van der Waals surface area contributed by atoms with Gasteiger partial charge in [0.1, 0.15) is 18.1 Å². The van der Waals surface area contributed by atoms with Gasteiger partial charge in [0.05, 0.1) is 17.8 Å². The summed E-state index contributed by atoms with van der Waals surface area (Å²) in [6.45, 7) is 4.24. The summed E-state index contributed by atoms with van der Waals surface area (Å²) in [5, 5.41) is 12.5. The SMILES string of the molecule is C=CC(=O)NCCOc1cccc2[nH]c(-c3n[nH]c4cc(C5CC5)ccc34)cc12. The predicted molar refractivity (Wildman–Crippen MR) is 114 cm³/mol. The first kappa shape index (κ1) is 17.6. The number of hydrogen-bond acceptors (Lipinski definition) is 3. The molecule has 4 aromatic rings. The summed E-state index contributed by atoms with van der Waals surface area (Å²) >= 11 is 0. The van der Waals surface area contributed by atoms with Gasteiger partial charge in [0.25, 0.3) is 0 Å². The third kappa shape index (κ3) is 3.38. The monoisotopic (exact) mass is 386 g/mol. The molecule has 6 heteroatoms. The third-order valence-electron chi connectivity index (χ3n) is 5.36. The lowest BCUT2D eigenvalue weighted by Gasteiger charge is -2.07. The maximum atomic E-state index is 11.2. The zero-order valence-corrected chi connectivity index (χ0v) is 16.0. The van der Waals surface area contributed by atoms with E-state index in [-0.39, 0.29) is 5.91 Å². The second-order valence-corrected chi connectivity index (χ2v) is 7.40. The molecule has 1 saturated carbocycles. The first-order valence-corrected chi connectivity index (χ1v) is 9.86. The van der Waals surface area contributed by atoms with Gasteiger partial charge in [0.15, 0.2) is 0 Å². The maximum absolute atomic E-state index is 11.2. The minimum absolute atomic E-state index is 0.203. The molecule has 5 rings (SSSR count). The van der Waals surface area contributed by atoms with E-state index in [4.69, 9.17) is 4.74 Å². The summed E-state index contributed by atoms with van der Waals surface area (Å²) in [6, 6.07) is 14.6. The van der Waals surface area contributed by atoms with Crippen LogP contribution in [0.25, 0.3) is 33.2 Å². The summed E-state index contributed by atoms with van der Waals surface area (Å²) in [6.07, 6.45) is 3.82. The van der Waals surface area contributed by atoms with Crippen LogP contribution in [-0.2, 0) is 4.79 Å². The van der Waals surface area contributed by atoms with Crippen molar-refractivity contribution in [2.75, 3.05) is 13.2 Å². The van der Waals surface area contributed by atoms with Gasteiger partial charge in [-0.15, -0.1) is 0 Å². The Hall–Kier alpha value is -3.54. The molecular formula is C23H22N4O2. The lowest BCUT2D eigenvalue weighted by Crippen LogP contribution is -2.26. The first-order valence-electron chi connectivity index (χ1n) is 9.86. The van der Waals surface area contributed by atoms with Crippen LogP contribution >= 0.6 is 0 Å². The molecule has 146 valence electrons. The highest BCUT2D eigenvalue weighted by atomic mass is 16.5. The Morgan fingerprint density at radius 2 is 2.10 bits per heavy atom. The van der Waals surface area contributed by atoms with Gasteiger partial charge in [-0.25, -0.2) is 0 Å². The number of ether oxygens (including phenoxy) is 1. The second kappa shape index (κ2) is 7.13. The number of hydrogen-bond donors (Lipinski definition) is 3. The van der Waals surface area contributed by atoms with Crippen LogP contribution in [0.15, 0.2) is 55.1 Å². The van der Waals surface area contributed by atoms with Gasteiger partial charge in [-0.3, -0.25) is 9.89 Å². The number of carbonyl (C=O) groups is 1. The predicted octanol–water partition coefficient (Wildman–Crippen LogP) is 4.27. The lowest BCUT2D eigenvalue weighted by atomic mass is 10.1. The van der Waals surface area contributed by atoms with Crippen molar-refractivity contribution in [2.24, 2.45) is 0 Å². The standard InChI is InChI=1S/C23H22N4O2/c1-2-22(28)24-10-11-29-21-5-3-4-18-17(21)13-20(25-18)23-16-9-8-15(14-6-7-14)12-19(16)26-27-23/h2-5,8-9,12-14,25H,1,6-7,10-11H2,(H,24,28)(H,26,27). The highest BCUT2D eigenvalue weighted by Gasteiger charge is 2.24. The molecule has 3 N–H and O–H groups in total. The average Bonchev–Trinajstić information content (AvgIpc) is 3.36. The van der Waals surface area contributed by atoms with Crippen molar-refractivity contribution >= 4 is 27.7 Å². The second-order valence-electron chi connectivity index (χ2n) is 7.40. The van der Waals surface area contributed by atoms with E-state index in [9.17, 15) is 4.79 Å². The minimum Gasteiger partial charge on any atom is -0.491 e. The smallest absolute Gasteiger partial charge is 0.243 e. The molecule has 1 fully saturated rings. The molecular weight excluding hydrogens is 364 g/mol. The van der Waals surface area contributed by atoms with Crippen molar-refractivity contribution in [1.29, 1.82) is 0 Å². The zero-order chi connectivity index (χ0) is 19.8. The van der Waals surface area contributed by atoms with E-state index in [0.29, 0.717) is 13.2 Å². The highest BCUT2D eigenvalue weighted by molar-refractivity contribution is 5.97. The van der Waals surface area contributed by atoms with Crippen LogP contribution in [0.2, 0.25) is 0 Å². The van der Waals surface area contributed by atoms with Gasteiger partial charge in [-0.05, 0) is 54.7 Å². The van der Waals surface area contributed by atoms with Crippen LogP contribution in [0, 0.1) is 0 Å². The minimum atomic E-state index is -0.203. The molecule has 1 aliphatic rings. The fourth-order valence-electron chi connectivity index (χ4n) is 3.70. The lowest BCUT2D eigenvalue weighted by molar-refractivity contribution is -0.116. The Labute approximate surface area is 168 Å². The Balaban J connectivity index is 1.42. The summed E-state index contributed by atoms with van der Waals surface area (Å²) < 4.78 is 5.88. The number of carbonyl (C=O) groups excluding carboxylic acids is 1. The van der Waals surface area contributed by atoms with Gasteiger partial charge in [-0.1, -0.05) is 24.8 Å². The van der Waals surface area contributed by atoms with Gasteiger partial charge in [-0.2, -0.15) is 5.10 Å². The highest BCUT2D eigenvalue weighted by Crippen LogP contribution is 2.41. The molecule has 0 unspecified atom stereocenters. The van der Waals surface area contributed by atoms with Gasteiger partial charge in [0.2, 0.25) is 5.91 Å². The Morgan fingerprint density at radius 3 is 2.93 bits per heavy atom. The van der Waals surface area contributed by atoms with Crippen molar-refractivity contribution < 1.29 is 9.53 Å². The number of amides is 1. The molecule has 1 amide bonds. The molecule has 0 bridgehead atoms. The average molecular weight is 386 g/mol. The van der Waals surface area contributed by atoms with Crippen LogP contribution in [0.4, 0.5) is 0 Å². The number of H-pyrrole nitrogens is 2. The molecule has 6 nitrogen and oxygen atoms in total. The maximum Gasteiger partial charge on any atom is 0.243 e. The number of fused-ring (bicyclic) bond motifs is 2. The summed E-state index contributed by atoms with van der Waals surface area (Å²) in [4.78, 5) is 14.7. The van der Waals surface area contributed by atoms with Crippen molar-refractivity contribution in [3.63, 3.8) is 0 Å². The third-order valence-corrected chi connectivity index (χ3v) is 5.36. The molecule has 2 heterocycles. The van der Waals surface area contributed by atoms with E-state index in [1.54, 1.807) is 0 Å². The van der Waals surface area contributed by atoms with E-state index < -0.39 is 0 Å². The van der Waals surface area contributed by atoms with Gasteiger partial charge < -0.3 is 15.0 Å². The zero-order valence-electron chi connectivity index (χ0n) is 16.0. The van der Waals surface area contributed by atoms with E-state index in [1.807, 2.05) is 18.2 Å². The molecule has 0 spiro atoms. The van der Waals surface area contributed by atoms with E-state index in [0.717, 1.165) is 44.9 Å². The van der Waals surface area contributed by atoms with Crippen LogP contribution in [-0.4, -0.2) is 34.2 Å². The van der Waals surface area contributed by atoms with Gasteiger partial charge in [0, 0.05) is 16.3 Å². The Bertz CT molecular complexity index is 1220. The molecule has 2 aromatic carbocycles. The van der Waals surface area contributed by atoms with Crippen LogP contribution in [0.3, 0.4) is 0 Å². The number of aromatic nitrogens is 3. The van der Waals surface area contributed by atoms with Gasteiger partial charge >= 0.3 is 0 Å². The molecule has 1 aliphatic carbocycles. The number of nitrogens with one attached hydrogen (secondary N) is 3. The van der Waals surface area contributed by atoms with Crippen molar-refractivity contribution in [1.82, 2.24) is 20.5 Å². The fraction of sp³-hybridized carbons (Fsp3) is 0.217. The number of rotatable bonds is 7. The normalized spacial score (nSPS) is 13.7. The fourth-order valence-corrected chi connectivity index (χ4v) is 3.70. The number of aromatic amines is 2. The van der Waals surface area contributed by atoms with Crippen molar-refractivity contribution in [3.8, 4) is 17.1 Å². The summed E-state index contributed by atoms with van der Waals surface area (Å²) in [7, 11) is 0. The Kier molecular flexibility index (Phi) is 4.31. The van der Waals surface area contributed by atoms with Crippen molar-refractivity contribution in [2.45, 2.75) is 18.8 Å². The summed E-state index contributed by atoms with van der Waals surface area (Å²) in [5.74, 6) is 1.29. The molecule has 29 heavy (non-hydrogen) atoms. The molecule has 0 atom stereocenters. The molecule has 0 saturated heterocycles. The van der Waals surface area contributed by atoms with E-state index in [1.165, 1.54) is 24.5 Å². The quantitative estimate of drug-likeness (QED) is 0.328. The number of nitrogens with zero attached hydrogens (tertiary/aromatic N) is 1. The molecule has 2 aromatic heterocycles. The molecule has 0 radical (unpaired) electrons. The topological polar surface area (TPSA) is 82.8 Å². The van der Waals surface area contributed by atoms with Crippen molar-refractivity contribution in [3.05, 3.63) is 60.7 Å².